The molecule has 5 nitrogen and oxygen atoms in total. The second kappa shape index (κ2) is 4.82. The molecule has 1 aromatic rings. The predicted molar refractivity (Wildman–Crippen MR) is 63.0 cm³/mol. The highest BCUT2D eigenvalue weighted by Gasteiger charge is 2.26. The first kappa shape index (κ1) is 13.0. The lowest BCUT2D eigenvalue weighted by atomic mass is 10.2. The number of aryl methyl sites for hydroxylation is 1. The largest absolute Gasteiger partial charge is 0.313 e. The molecule has 1 atom stereocenters. The van der Waals surface area contributed by atoms with E-state index in [0.717, 1.165) is 0 Å². The third kappa shape index (κ3) is 2.52. The van der Waals surface area contributed by atoms with Crippen LogP contribution in [0.15, 0.2) is 0 Å². The van der Waals surface area contributed by atoms with Gasteiger partial charge < -0.3 is 0 Å². The van der Waals surface area contributed by atoms with E-state index >= 15 is 0 Å². The van der Waals surface area contributed by atoms with E-state index in [9.17, 15) is 10.1 Å². The van der Waals surface area contributed by atoms with Gasteiger partial charge in [0.2, 0.25) is 0 Å². The zero-order chi connectivity index (χ0) is 12.5. The van der Waals surface area contributed by atoms with Gasteiger partial charge in [-0.25, -0.2) is 0 Å². The van der Waals surface area contributed by atoms with Gasteiger partial charge in [0.1, 0.15) is 11.4 Å². The van der Waals surface area contributed by atoms with E-state index in [2.05, 4.69) is 5.10 Å². The molecule has 16 heavy (non-hydrogen) atoms. The third-order valence-corrected chi connectivity index (χ3v) is 2.45. The van der Waals surface area contributed by atoms with Crippen molar-refractivity contribution < 1.29 is 4.92 Å². The minimum absolute atomic E-state index is 0.0952. The maximum Gasteiger partial charge on any atom is 0.313 e. The fraction of sp³-hybridized carbons (Fsp3) is 0.700. The molecule has 1 aromatic heterocycles. The normalized spacial score (nSPS) is 13.1. The molecule has 0 saturated heterocycles. The quantitative estimate of drug-likeness (QED) is 0.466. The summed E-state index contributed by atoms with van der Waals surface area (Å²) in [6.45, 7) is 7.36. The molecule has 90 valence electrons. The second-order valence-electron chi connectivity index (χ2n) is 4.16. The zero-order valence-electron chi connectivity index (χ0n) is 9.90. The number of nitro groups is 1. The van der Waals surface area contributed by atoms with Gasteiger partial charge in [-0.1, -0.05) is 0 Å². The van der Waals surface area contributed by atoms with Gasteiger partial charge in [-0.2, -0.15) is 5.10 Å². The van der Waals surface area contributed by atoms with Crippen molar-refractivity contribution in [1.29, 1.82) is 0 Å². The van der Waals surface area contributed by atoms with Crippen molar-refractivity contribution in [1.82, 2.24) is 9.78 Å². The highest BCUT2D eigenvalue weighted by Crippen LogP contribution is 2.27. The van der Waals surface area contributed by atoms with Gasteiger partial charge in [-0.05, 0) is 27.7 Å². The Hall–Kier alpha value is -1.10. The predicted octanol–water partition coefficient (Wildman–Crippen LogP) is 2.85. The molecular weight excluding hydrogens is 230 g/mol. The summed E-state index contributed by atoms with van der Waals surface area (Å²) in [4.78, 5) is 10.6. The molecular formula is C10H16ClN3O2. The van der Waals surface area contributed by atoms with Crippen LogP contribution in [-0.4, -0.2) is 20.1 Å². The molecule has 0 spiro atoms. The number of alkyl halides is 1. The molecule has 0 radical (unpaired) electrons. The van der Waals surface area contributed by atoms with Crippen molar-refractivity contribution in [2.45, 2.75) is 45.5 Å². The van der Waals surface area contributed by atoms with E-state index in [-0.39, 0.29) is 22.0 Å². The van der Waals surface area contributed by atoms with Crippen LogP contribution in [0.2, 0.25) is 0 Å². The van der Waals surface area contributed by atoms with Crippen LogP contribution >= 0.6 is 11.6 Å². The lowest BCUT2D eigenvalue weighted by Crippen LogP contribution is -2.11. The van der Waals surface area contributed by atoms with E-state index in [4.69, 9.17) is 11.6 Å². The molecule has 0 saturated carbocycles. The van der Waals surface area contributed by atoms with Gasteiger partial charge in [-0.15, -0.1) is 11.6 Å². The van der Waals surface area contributed by atoms with Crippen LogP contribution in [0.25, 0.3) is 0 Å². The van der Waals surface area contributed by atoms with Crippen LogP contribution in [0.5, 0.6) is 0 Å². The summed E-state index contributed by atoms with van der Waals surface area (Å²) in [6.07, 6.45) is 0.455. The molecule has 6 heteroatoms. The van der Waals surface area contributed by atoms with E-state index in [1.807, 2.05) is 20.8 Å². The summed E-state index contributed by atoms with van der Waals surface area (Å²) in [6, 6.07) is 0.0952. The fourth-order valence-corrected chi connectivity index (χ4v) is 1.85. The smallest absolute Gasteiger partial charge is 0.260 e. The van der Waals surface area contributed by atoms with Crippen LogP contribution < -0.4 is 0 Å². The second-order valence-corrected chi connectivity index (χ2v) is 4.91. The first-order valence-electron chi connectivity index (χ1n) is 5.21. The standard InChI is InChI=1S/C10H16ClN3O2/c1-6(2)13-9(5-7(3)11)10(14(15)16)8(4)12-13/h6-7H,5H2,1-4H3. The van der Waals surface area contributed by atoms with Gasteiger partial charge in [0.05, 0.1) is 4.92 Å². The lowest BCUT2D eigenvalue weighted by Gasteiger charge is -2.10. The van der Waals surface area contributed by atoms with Crippen molar-refractivity contribution >= 4 is 17.3 Å². The Kier molecular flexibility index (Phi) is 3.91. The Labute approximate surface area is 99.5 Å². The Bertz CT molecular complexity index is 399. The number of halogens is 1. The van der Waals surface area contributed by atoms with E-state index < -0.39 is 0 Å². The van der Waals surface area contributed by atoms with Crippen LogP contribution in [0.1, 0.15) is 38.2 Å². The summed E-state index contributed by atoms with van der Waals surface area (Å²) in [5, 5.41) is 15.0. The molecule has 1 unspecified atom stereocenters. The molecule has 0 aliphatic carbocycles. The molecule has 0 aliphatic rings. The first-order valence-corrected chi connectivity index (χ1v) is 5.64. The molecule has 0 N–H and O–H groups in total. The maximum absolute atomic E-state index is 11.0. The molecule has 0 aliphatic heterocycles. The Morgan fingerprint density at radius 3 is 2.44 bits per heavy atom. The van der Waals surface area contributed by atoms with Gasteiger partial charge in [0.25, 0.3) is 0 Å². The number of hydrogen-bond donors (Lipinski definition) is 0. The summed E-state index contributed by atoms with van der Waals surface area (Å²) in [5.74, 6) is 0. The van der Waals surface area contributed by atoms with E-state index in [1.54, 1.807) is 11.6 Å². The topological polar surface area (TPSA) is 61.0 Å². The summed E-state index contributed by atoms with van der Waals surface area (Å²) in [5.41, 5.74) is 1.16. The molecule has 1 heterocycles. The van der Waals surface area contributed by atoms with Crippen molar-refractivity contribution in [3.8, 4) is 0 Å². The van der Waals surface area contributed by atoms with Crippen molar-refractivity contribution in [3.05, 3.63) is 21.5 Å². The summed E-state index contributed by atoms with van der Waals surface area (Å²) >= 11 is 5.91. The fourth-order valence-electron chi connectivity index (χ4n) is 1.71. The number of nitrogens with zero attached hydrogens (tertiary/aromatic N) is 3. The average Bonchev–Trinajstić information content (AvgIpc) is 2.41. The van der Waals surface area contributed by atoms with Crippen LogP contribution in [0.4, 0.5) is 5.69 Å². The minimum atomic E-state index is -0.379. The summed E-state index contributed by atoms with van der Waals surface area (Å²) < 4.78 is 1.69. The number of hydrogen-bond acceptors (Lipinski definition) is 3. The Morgan fingerprint density at radius 2 is 2.06 bits per heavy atom. The Morgan fingerprint density at radius 1 is 1.50 bits per heavy atom. The molecule has 0 bridgehead atoms. The van der Waals surface area contributed by atoms with Crippen molar-refractivity contribution in [2.75, 3.05) is 0 Å². The minimum Gasteiger partial charge on any atom is -0.260 e. The monoisotopic (exact) mass is 245 g/mol. The molecule has 0 amide bonds. The van der Waals surface area contributed by atoms with Crippen LogP contribution in [0.3, 0.4) is 0 Å². The highest BCUT2D eigenvalue weighted by molar-refractivity contribution is 6.20. The van der Waals surface area contributed by atoms with Gasteiger partial charge in [0, 0.05) is 17.8 Å². The van der Waals surface area contributed by atoms with E-state index in [0.29, 0.717) is 17.8 Å². The maximum atomic E-state index is 11.0. The molecule has 0 fully saturated rings. The van der Waals surface area contributed by atoms with Crippen LogP contribution in [0, 0.1) is 17.0 Å². The Balaban J connectivity index is 3.31. The molecule has 1 rings (SSSR count). The van der Waals surface area contributed by atoms with Gasteiger partial charge in [0.15, 0.2) is 0 Å². The van der Waals surface area contributed by atoms with Gasteiger partial charge >= 0.3 is 5.69 Å². The first-order chi connectivity index (χ1) is 7.34. The summed E-state index contributed by atoms with van der Waals surface area (Å²) in [7, 11) is 0. The highest BCUT2D eigenvalue weighted by atomic mass is 35.5. The average molecular weight is 246 g/mol. The lowest BCUT2D eigenvalue weighted by molar-refractivity contribution is -0.386. The van der Waals surface area contributed by atoms with Crippen molar-refractivity contribution in [2.24, 2.45) is 0 Å². The van der Waals surface area contributed by atoms with Crippen molar-refractivity contribution in [3.63, 3.8) is 0 Å². The third-order valence-electron chi connectivity index (χ3n) is 2.30. The SMILES string of the molecule is Cc1nn(C(C)C)c(CC(C)Cl)c1[N+](=O)[O-]. The van der Waals surface area contributed by atoms with Gasteiger partial charge in [-0.3, -0.25) is 14.8 Å². The molecule has 0 aromatic carbocycles. The number of aromatic nitrogens is 2. The van der Waals surface area contributed by atoms with E-state index in [1.165, 1.54) is 0 Å². The van der Waals surface area contributed by atoms with Crippen LogP contribution in [-0.2, 0) is 6.42 Å². The number of rotatable bonds is 4. The zero-order valence-corrected chi connectivity index (χ0v) is 10.7.